The van der Waals surface area contributed by atoms with Crippen LogP contribution in [-0.2, 0) is 9.47 Å². The molecule has 1 aliphatic rings. The van der Waals surface area contributed by atoms with Crippen molar-refractivity contribution in [1.82, 2.24) is 9.88 Å². The summed E-state index contributed by atoms with van der Waals surface area (Å²) in [5.41, 5.74) is 0.409. The van der Waals surface area contributed by atoms with Crippen LogP contribution in [0.3, 0.4) is 0 Å². The predicted molar refractivity (Wildman–Crippen MR) is 91.4 cm³/mol. The first-order valence-electron chi connectivity index (χ1n) is 8.10. The number of nitrogens with zero attached hydrogens (tertiary/aromatic N) is 1. The second kappa shape index (κ2) is 6.93. The lowest BCUT2D eigenvalue weighted by Gasteiger charge is -2.24. The largest absolute Gasteiger partial charge is 0.383 e. The van der Waals surface area contributed by atoms with Crippen LogP contribution in [0.4, 0.5) is 4.39 Å². The minimum Gasteiger partial charge on any atom is -0.383 e. The minimum absolute atomic E-state index is 0.0484. The Kier molecular flexibility index (Phi) is 4.87. The molecule has 1 saturated heterocycles. The van der Waals surface area contributed by atoms with Crippen LogP contribution in [0.5, 0.6) is 0 Å². The standard InChI is InChI=1S/C18H21FN2O4/c1-10-4-13-14(7-16(22)20-17(13)15(19)5-10)18(23)21-8-12(25-3)6-11(21)9-24-2/h4-5,7,11-12H,6,8-9H2,1-3H3,(H,20,22)/t11-,12+/m0/s1. The Morgan fingerprint density at radius 1 is 1.36 bits per heavy atom. The number of methoxy groups -OCH3 is 2. The highest BCUT2D eigenvalue weighted by molar-refractivity contribution is 6.06. The van der Waals surface area contributed by atoms with Gasteiger partial charge < -0.3 is 19.4 Å². The van der Waals surface area contributed by atoms with Gasteiger partial charge in [-0.3, -0.25) is 9.59 Å². The Bertz CT molecular complexity index is 864. The number of hydrogen-bond acceptors (Lipinski definition) is 4. The van der Waals surface area contributed by atoms with E-state index in [1.165, 1.54) is 12.1 Å². The Balaban J connectivity index is 2.09. The van der Waals surface area contributed by atoms with E-state index in [0.29, 0.717) is 30.5 Å². The highest BCUT2D eigenvalue weighted by Gasteiger charge is 2.36. The smallest absolute Gasteiger partial charge is 0.255 e. The van der Waals surface area contributed by atoms with Gasteiger partial charge in [0.05, 0.1) is 29.8 Å². The number of benzene rings is 1. The van der Waals surface area contributed by atoms with Crippen molar-refractivity contribution in [3.05, 3.63) is 45.5 Å². The lowest BCUT2D eigenvalue weighted by molar-refractivity contribution is 0.0614. The molecule has 0 radical (unpaired) electrons. The number of aromatic amines is 1. The molecule has 134 valence electrons. The number of H-pyrrole nitrogens is 1. The number of pyridine rings is 1. The van der Waals surface area contributed by atoms with Crippen molar-refractivity contribution in [2.45, 2.75) is 25.5 Å². The van der Waals surface area contributed by atoms with E-state index in [0.717, 1.165) is 0 Å². The van der Waals surface area contributed by atoms with Crippen molar-refractivity contribution in [1.29, 1.82) is 0 Å². The molecule has 1 aliphatic heterocycles. The summed E-state index contributed by atoms with van der Waals surface area (Å²) in [6, 6.07) is 4.12. The molecule has 0 bridgehead atoms. The van der Waals surface area contributed by atoms with Gasteiger partial charge in [-0.15, -0.1) is 0 Å². The Labute approximate surface area is 144 Å². The fourth-order valence-electron chi connectivity index (χ4n) is 3.43. The molecule has 2 aromatic rings. The second-order valence-electron chi connectivity index (χ2n) is 6.38. The number of hydrogen-bond donors (Lipinski definition) is 1. The number of rotatable bonds is 4. The van der Waals surface area contributed by atoms with Gasteiger partial charge in [-0.05, 0) is 31.0 Å². The van der Waals surface area contributed by atoms with Crippen LogP contribution in [0.15, 0.2) is 23.0 Å². The summed E-state index contributed by atoms with van der Waals surface area (Å²) in [5.74, 6) is -0.867. The summed E-state index contributed by atoms with van der Waals surface area (Å²) in [7, 11) is 3.17. The molecule has 1 amide bonds. The van der Waals surface area contributed by atoms with Gasteiger partial charge in [0.15, 0.2) is 0 Å². The molecule has 25 heavy (non-hydrogen) atoms. The first-order chi connectivity index (χ1) is 11.9. The molecule has 0 unspecified atom stereocenters. The lowest BCUT2D eigenvalue weighted by Crippen LogP contribution is -2.39. The van der Waals surface area contributed by atoms with E-state index >= 15 is 0 Å². The number of nitrogens with one attached hydrogen (secondary N) is 1. The molecule has 0 saturated carbocycles. The van der Waals surface area contributed by atoms with Crippen molar-refractivity contribution in [2.75, 3.05) is 27.4 Å². The van der Waals surface area contributed by atoms with Crippen LogP contribution in [0.25, 0.3) is 10.9 Å². The van der Waals surface area contributed by atoms with Gasteiger partial charge in [-0.2, -0.15) is 0 Å². The highest BCUT2D eigenvalue weighted by atomic mass is 19.1. The molecule has 3 rings (SSSR count). The summed E-state index contributed by atoms with van der Waals surface area (Å²) in [5, 5.41) is 0.402. The van der Waals surface area contributed by atoms with Gasteiger partial charge in [-0.25, -0.2) is 4.39 Å². The zero-order valence-electron chi connectivity index (χ0n) is 14.5. The van der Waals surface area contributed by atoms with E-state index in [2.05, 4.69) is 4.98 Å². The molecular formula is C18H21FN2O4. The molecular weight excluding hydrogens is 327 g/mol. The Hall–Kier alpha value is -2.25. The van der Waals surface area contributed by atoms with Gasteiger partial charge in [0, 0.05) is 32.2 Å². The predicted octanol–water partition coefficient (Wildman–Crippen LogP) is 1.85. The number of carbonyl (C=O) groups excluding carboxylic acids is 1. The van der Waals surface area contributed by atoms with Gasteiger partial charge in [0.1, 0.15) is 5.82 Å². The molecule has 2 heterocycles. The van der Waals surface area contributed by atoms with Crippen LogP contribution in [-0.4, -0.2) is 55.3 Å². The van der Waals surface area contributed by atoms with E-state index in [9.17, 15) is 14.0 Å². The minimum atomic E-state index is -0.550. The first-order valence-corrected chi connectivity index (χ1v) is 8.10. The molecule has 0 spiro atoms. The average molecular weight is 348 g/mol. The Morgan fingerprint density at radius 3 is 2.80 bits per heavy atom. The third kappa shape index (κ3) is 3.29. The second-order valence-corrected chi connectivity index (χ2v) is 6.38. The van der Waals surface area contributed by atoms with E-state index in [1.807, 2.05) is 0 Å². The fraction of sp³-hybridized carbons (Fsp3) is 0.444. The number of carbonyl (C=O) groups is 1. The van der Waals surface area contributed by atoms with Crippen LogP contribution in [0.2, 0.25) is 0 Å². The summed E-state index contributed by atoms with van der Waals surface area (Å²) in [6.45, 7) is 2.53. The van der Waals surface area contributed by atoms with E-state index in [4.69, 9.17) is 9.47 Å². The zero-order valence-corrected chi connectivity index (χ0v) is 14.5. The number of halogens is 1. The normalized spacial score (nSPS) is 20.4. The summed E-state index contributed by atoms with van der Waals surface area (Å²) in [4.78, 5) is 29.2. The first kappa shape index (κ1) is 17.6. The van der Waals surface area contributed by atoms with Gasteiger partial charge in [0.25, 0.3) is 5.91 Å². The van der Waals surface area contributed by atoms with Crippen molar-refractivity contribution < 1.29 is 18.7 Å². The third-order valence-electron chi connectivity index (χ3n) is 4.61. The van der Waals surface area contributed by atoms with Crippen molar-refractivity contribution in [3.8, 4) is 0 Å². The maximum absolute atomic E-state index is 14.2. The molecule has 1 aromatic heterocycles. The molecule has 0 aliphatic carbocycles. The van der Waals surface area contributed by atoms with E-state index in [1.54, 1.807) is 32.1 Å². The topological polar surface area (TPSA) is 71.6 Å². The monoisotopic (exact) mass is 348 g/mol. The van der Waals surface area contributed by atoms with Crippen LogP contribution >= 0.6 is 0 Å². The number of ether oxygens (including phenoxy) is 2. The number of amides is 1. The highest BCUT2D eigenvalue weighted by Crippen LogP contribution is 2.26. The average Bonchev–Trinajstić information content (AvgIpc) is 2.98. The Morgan fingerprint density at radius 2 is 2.12 bits per heavy atom. The number of likely N-dealkylation sites (tertiary alicyclic amines) is 1. The van der Waals surface area contributed by atoms with Gasteiger partial charge >= 0.3 is 0 Å². The van der Waals surface area contributed by atoms with Crippen molar-refractivity contribution >= 4 is 16.8 Å². The third-order valence-corrected chi connectivity index (χ3v) is 4.61. The number of aromatic nitrogens is 1. The van der Waals surface area contributed by atoms with Gasteiger partial charge in [0.2, 0.25) is 5.56 Å². The zero-order chi connectivity index (χ0) is 18.1. The molecule has 6 nitrogen and oxygen atoms in total. The van der Waals surface area contributed by atoms with Crippen molar-refractivity contribution in [3.63, 3.8) is 0 Å². The number of fused-ring (bicyclic) bond motifs is 1. The van der Waals surface area contributed by atoms with Crippen LogP contribution in [0, 0.1) is 12.7 Å². The molecule has 1 N–H and O–H groups in total. The van der Waals surface area contributed by atoms with Crippen LogP contribution < -0.4 is 5.56 Å². The summed E-state index contributed by atoms with van der Waals surface area (Å²) < 4.78 is 24.8. The quantitative estimate of drug-likeness (QED) is 0.915. The molecule has 2 atom stereocenters. The van der Waals surface area contributed by atoms with Crippen molar-refractivity contribution in [2.24, 2.45) is 0 Å². The lowest BCUT2D eigenvalue weighted by atomic mass is 10.0. The number of aryl methyl sites for hydroxylation is 1. The fourth-order valence-corrected chi connectivity index (χ4v) is 3.43. The molecule has 1 aromatic carbocycles. The van der Waals surface area contributed by atoms with E-state index in [-0.39, 0.29) is 29.1 Å². The molecule has 7 heteroatoms. The summed E-state index contributed by atoms with van der Waals surface area (Å²) >= 11 is 0. The maximum Gasteiger partial charge on any atom is 0.255 e. The molecule has 1 fully saturated rings. The van der Waals surface area contributed by atoms with E-state index < -0.39 is 11.4 Å². The maximum atomic E-state index is 14.2. The van der Waals surface area contributed by atoms with Gasteiger partial charge in [-0.1, -0.05) is 0 Å². The van der Waals surface area contributed by atoms with Crippen LogP contribution in [0.1, 0.15) is 22.3 Å². The summed E-state index contributed by atoms with van der Waals surface area (Å²) in [6.07, 6.45) is 0.570. The SMILES string of the molecule is COC[C@@H]1C[C@@H](OC)CN1C(=O)c1cc(=O)[nH]c2c(F)cc(C)cc12.